The van der Waals surface area contributed by atoms with Crippen LogP contribution in [0.3, 0.4) is 0 Å². The number of nitrogens with zero attached hydrogens (tertiary/aromatic N) is 1. The lowest BCUT2D eigenvalue weighted by Gasteiger charge is -2.35. The van der Waals surface area contributed by atoms with E-state index in [-0.39, 0.29) is 12.2 Å². The van der Waals surface area contributed by atoms with Gasteiger partial charge in [0, 0.05) is 44.4 Å². The topological polar surface area (TPSA) is 35.5 Å². The predicted octanol–water partition coefficient (Wildman–Crippen LogP) is 1.82. The summed E-state index contributed by atoms with van der Waals surface area (Å²) in [4.78, 5) is 1.94. The van der Waals surface area contributed by atoms with E-state index in [2.05, 4.69) is 5.32 Å². The molecule has 0 unspecified atom stereocenters. The van der Waals surface area contributed by atoms with E-state index in [1.807, 2.05) is 4.90 Å². The molecule has 1 fully saturated rings. The molecule has 1 heterocycles. The standard InChI is InChI=1S/C14H19F3N2O/c15-10-3-4-11(16)14(17)13(10)12(2-1-9-20)19-7-5-18-6-8-19/h3-4,12,18,20H,1-2,5-9H2/t12-/m0/s1. The fourth-order valence-electron chi connectivity index (χ4n) is 2.64. The van der Waals surface area contributed by atoms with Crippen LogP contribution >= 0.6 is 0 Å². The van der Waals surface area contributed by atoms with Gasteiger partial charge in [0.2, 0.25) is 0 Å². The van der Waals surface area contributed by atoms with E-state index in [0.29, 0.717) is 25.9 Å². The first-order valence-electron chi connectivity index (χ1n) is 6.84. The fraction of sp³-hybridized carbons (Fsp3) is 0.571. The first-order valence-corrected chi connectivity index (χ1v) is 6.84. The van der Waals surface area contributed by atoms with Crippen molar-refractivity contribution in [1.82, 2.24) is 10.2 Å². The summed E-state index contributed by atoms with van der Waals surface area (Å²) < 4.78 is 41.3. The summed E-state index contributed by atoms with van der Waals surface area (Å²) in [6, 6.07) is 1.22. The molecule has 0 amide bonds. The average molecular weight is 288 g/mol. The number of halogens is 3. The number of aliphatic hydroxyl groups excluding tert-OH is 1. The van der Waals surface area contributed by atoms with E-state index in [9.17, 15) is 13.2 Å². The highest BCUT2D eigenvalue weighted by atomic mass is 19.2. The van der Waals surface area contributed by atoms with Crippen LogP contribution in [-0.2, 0) is 0 Å². The van der Waals surface area contributed by atoms with Gasteiger partial charge in [0.25, 0.3) is 0 Å². The highest BCUT2D eigenvalue weighted by Crippen LogP contribution is 2.31. The SMILES string of the molecule is OCCC[C@@H](c1c(F)ccc(F)c1F)N1CCNCC1. The Morgan fingerprint density at radius 3 is 2.45 bits per heavy atom. The van der Waals surface area contributed by atoms with E-state index in [4.69, 9.17) is 5.11 Å². The Bertz CT molecular complexity index is 450. The number of hydrogen-bond donors (Lipinski definition) is 2. The van der Waals surface area contributed by atoms with Gasteiger partial charge in [-0.2, -0.15) is 0 Å². The van der Waals surface area contributed by atoms with Crippen molar-refractivity contribution in [2.24, 2.45) is 0 Å². The van der Waals surface area contributed by atoms with Gasteiger partial charge in [0.1, 0.15) is 5.82 Å². The predicted molar refractivity (Wildman–Crippen MR) is 69.8 cm³/mol. The van der Waals surface area contributed by atoms with Crippen molar-refractivity contribution < 1.29 is 18.3 Å². The lowest BCUT2D eigenvalue weighted by Crippen LogP contribution is -2.45. The summed E-state index contributed by atoms with van der Waals surface area (Å²) in [6.07, 6.45) is 0.817. The molecule has 2 N–H and O–H groups in total. The Labute approximate surface area is 116 Å². The Morgan fingerprint density at radius 2 is 1.80 bits per heavy atom. The molecule has 1 atom stereocenters. The minimum absolute atomic E-state index is 0.0544. The van der Waals surface area contributed by atoms with Gasteiger partial charge in [-0.1, -0.05) is 0 Å². The van der Waals surface area contributed by atoms with Crippen LogP contribution in [0.25, 0.3) is 0 Å². The second-order valence-corrected chi connectivity index (χ2v) is 4.92. The molecule has 1 aromatic rings. The largest absolute Gasteiger partial charge is 0.396 e. The van der Waals surface area contributed by atoms with E-state index >= 15 is 0 Å². The smallest absolute Gasteiger partial charge is 0.166 e. The zero-order valence-electron chi connectivity index (χ0n) is 11.2. The van der Waals surface area contributed by atoms with E-state index < -0.39 is 23.5 Å². The van der Waals surface area contributed by atoms with Crippen molar-refractivity contribution in [3.63, 3.8) is 0 Å². The van der Waals surface area contributed by atoms with Crippen LogP contribution in [0, 0.1) is 17.5 Å². The Balaban J connectivity index is 2.32. The molecule has 0 aliphatic carbocycles. The molecule has 0 aromatic heterocycles. The second kappa shape index (κ2) is 7.06. The highest BCUT2D eigenvalue weighted by molar-refractivity contribution is 5.25. The molecular weight excluding hydrogens is 269 g/mol. The Kier molecular flexibility index (Phi) is 5.39. The summed E-state index contributed by atoms with van der Waals surface area (Å²) in [7, 11) is 0. The monoisotopic (exact) mass is 288 g/mol. The molecule has 1 aliphatic rings. The van der Waals surface area contributed by atoms with Crippen LogP contribution in [0.2, 0.25) is 0 Å². The normalized spacial score (nSPS) is 18.2. The van der Waals surface area contributed by atoms with Gasteiger partial charge in [-0.15, -0.1) is 0 Å². The number of benzene rings is 1. The Morgan fingerprint density at radius 1 is 1.15 bits per heavy atom. The first-order chi connectivity index (χ1) is 9.65. The number of piperazine rings is 1. The van der Waals surface area contributed by atoms with Gasteiger partial charge < -0.3 is 10.4 Å². The van der Waals surface area contributed by atoms with Crippen LogP contribution in [0.1, 0.15) is 24.4 Å². The lowest BCUT2D eigenvalue weighted by atomic mass is 9.98. The minimum atomic E-state index is -1.12. The highest BCUT2D eigenvalue weighted by Gasteiger charge is 2.28. The molecule has 112 valence electrons. The molecule has 0 radical (unpaired) electrons. The van der Waals surface area contributed by atoms with Crippen LogP contribution in [0.4, 0.5) is 13.2 Å². The van der Waals surface area contributed by atoms with Crippen LogP contribution < -0.4 is 5.32 Å². The fourth-order valence-corrected chi connectivity index (χ4v) is 2.64. The van der Waals surface area contributed by atoms with Crippen molar-refractivity contribution >= 4 is 0 Å². The zero-order chi connectivity index (χ0) is 14.5. The van der Waals surface area contributed by atoms with E-state index in [0.717, 1.165) is 25.2 Å². The average Bonchev–Trinajstić information content (AvgIpc) is 2.47. The summed E-state index contributed by atoms with van der Waals surface area (Å²) >= 11 is 0. The number of rotatable bonds is 5. The molecule has 0 saturated carbocycles. The maximum atomic E-state index is 14.0. The third-order valence-electron chi connectivity index (χ3n) is 3.64. The molecule has 3 nitrogen and oxygen atoms in total. The molecular formula is C14H19F3N2O. The third kappa shape index (κ3) is 3.31. The third-order valence-corrected chi connectivity index (χ3v) is 3.64. The van der Waals surface area contributed by atoms with Crippen molar-refractivity contribution in [2.45, 2.75) is 18.9 Å². The van der Waals surface area contributed by atoms with Crippen LogP contribution in [-0.4, -0.2) is 42.8 Å². The molecule has 0 spiro atoms. The van der Waals surface area contributed by atoms with Crippen molar-refractivity contribution in [3.05, 3.63) is 35.1 Å². The zero-order valence-corrected chi connectivity index (χ0v) is 11.2. The van der Waals surface area contributed by atoms with Gasteiger partial charge in [-0.3, -0.25) is 4.90 Å². The molecule has 1 aromatic carbocycles. The quantitative estimate of drug-likeness (QED) is 0.811. The van der Waals surface area contributed by atoms with Crippen molar-refractivity contribution in [3.8, 4) is 0 Å². The minimum Gasteiger partial charge on any atom is -0.396 e. The Hall–Kier alpha value is -1.11. The van der Waals surface area contributed by atoms with Gasteiger partial charge in [-0.05, 0) is 25.0 Å². The van der Waals surface area contributed by atoms with E-state index in [1.54, 1.807) is 0 Å². The molecule has 20 heavy (non-hydrogen) atoms. The summed E-state index contributed by atoms with van der Waals surface area (Å²) in [5, 5.41) is 12.1. The maximum Gasteiger partial charge on any atom is 0.166 e. The molecule has 2 rings (SSSR count). The van der Waals surface area contributed by atoms with Gasteiger partial charge in [-0.25, -0.2) is 13.2 Å². The first kappa shape index (κ1) is 15.3. The number of hydrogen-bond acceptors (Lipinski definition) is 3. The molecule has 1 saturated heterocycles. The molecule has 6 heteroatoms. The van der Waals surface area contributed by atoms with Gasteiger partial charge in [0.05, 0.1) is 0 Å². The number of aliphatic hydroxyl groups is 1. The van der Waals surface area contributed by atoms with Crippen molar-refractivity contribution in [2.75, 3.05) is 32.8 Å². The van der Waals surface area contributed by atoms with Gasteiger partial charge in [0.15, 0.2) is 11.6 Å². The second-order valence-electron chi connectivity index (χ2n) is 4.92. The summed E-state index contributed by atoms with van der Waals surface area (Å²) in [6.45, 7) is 2.69. The molecule has 0 bridgehead atoms. The lowest BCUT2D eigenvalue weighted by molar-refractivity contribution is 0.147. The summed E-state index contributed by atoms with van der Waals surface area (Å²) in [5.74, 6) is -2.89. The van der Waals surface area contributed by atoms with Crippen LogP contribution in [0.5, 0.6) is 0 Å². The number of nitrogens with one attached hydrogen (secondary N) is 1. The van der Waals surface area contributed by atoms with Crippen LogP contribution in [0.15, 0.2) is 12.1 Å². The van der Waals surface area contributed by atoms with E-state index in [1.165, 1.54) is 0 Å². The summed E-state index contributed by atoms with van der Waals surface area (Å²) in [5.41, 5.74) is -0.222. The van der Waals surface area contributed by atoms with Gasteiger partial charge >= 0.3 is 0 Å². The van der Waals surface area contributed by atoms with Crippen molar-refractivity contribution in [1.29, 1.82) is 0 Å². The molecule has 1 aliphatic heterocycles. The maximum absolute atomic E-state index is 14.0.